The van der Waals surface area contributed by atoms with Crippen molar-refractivity contribution >= 4 is 0 Å². The van der Waals surface area contributed by atoms with Gasteiger partial charge < -0.3 is 4.74 Å². The summed E-state index contributed by atoms with van der Waals surface area (Å²) in [7, 11) is 0. The van der Waals surface area contributed by atoms with Crippen LogP contribution in [0.3, 0.4) is 0 Å². The summed E-state index contributed by atoms with van der Waals surface area (Å²) in [6, 6.07) is 0.289. The molecule has 0 N–H and O–H groups in total. The zero-order valence-corrected chi connectivity index (χ0v) is 14.1. The molecule has 0 aromatic carbocycles. The Hall–Kier alpha value is -1.31. The summed E-state index contributed by atoms with van der Waals surface area (Å²) in [6.07, 6.45) is 5.52. The van der Waals surface area contributed by atoms with E-state index < -0.39 is 0 Å². The SMILES string of the molecule is C=CCN1CCN([C@@H](CC)c2nnnn2C[C@H]2CCCO2)CC1. The van der Waals surface area contributed by atoms with Gasteiger partial charge in [0.15, 0.2) is 5.82 Å². The maximum Gasteiger partial charge on any atom is 0.168 e. The quantitative estimate of drug-likeness (QED) is 0.701. The number of ether oxygens (including phenoxy) is 1. The van der Waals surface area contributed by atoms with E-state index in [2.05, 4.69) is 38.8 Å². The van der Waals surface area contributed by atoms with Crippen LogP contribution in [0.2, 0.25) is 0 Å². The van der Waals surface area contributed by atoms with E-state index >= 15 is 0 Å². The van der Waals surface area contributed by atoms with Gasteiger partial charge in [0.25, 0.3) is 0 Å². The maximum atomic E-state index is 5.74. The molecule has 0 aliphatic carbocycles. The zero-order valence-electron chi connectivity index (χ0n) is 14.1. The molecule has 0 spiro atoms. The topological polar surface area (TPSA) is 59.3 Å². The second kappa shape index (κ2) is 7.99. The Bertz CT molecular complexity index is 491. The van der Waals surface area contributed by atoms with Crippen LogP contribution in [-0.4, -0.2) is 75.4 Å². The minimum atomic E-state index is 0.263. The Morgan fingerprint density at radius 2 is 2.17 bits per heavy atom. The molecular weight excluding hydrogens is 292 g/mol. The lowest BCUT2D eigenvalue weighted by Gasteiger charge is -2.38. The highest BCUT2D eigenvalue weighted by Crippen LogP contribution is 2.24. The fourth-order valence-electron chi connectivity index (χ4n) is 3.61. The van der Waals surface area contributed by atoms with Crippen molar-refractivity contribution in [1.82, 2.24) is 30.0 Å². The number of tetrazole rings is 1. The number of piperazine rings is 1. The molecule has 2 fully saturated rings. The van der Waals surface area contributed by atoms with Gasteiger partial charge in [0.05, 0.1) is 18.7 Å². The monoisotopic (exact) mass is 320 g/mol. The number of rotatable bonds is 7. The van der Waals surface area contributed by atoms with Gasteiger partial charge in [-0.25, -0.2) is 4.68 Å². The van der Waals surface area contributed by atoms with Gasteiger partial charge in [0.1, 0.15) is 0 Å². The predicted octanol–water partition coefficient (Wildman–Crippen LogP) is 1.11. The van der Waals surface area contributed by atoms with Crippen LogP contribution in [0.5, 0.6) is 0 Å². The summed E-state index contributed by atoms with van der Waals surface area (Å²) in [5.41, 5.74) is 0. The lowest BCUT2D eigenvalue weighted by molar-refractivity contribution is 0.0803. The van der Waals surface area contributed by atoms with Crippen molar-refractivity contribution in [3.63, 3.8) is 0 Å². The van der Waals surface area contributed by atoms with Gasteiger partial charge in [-0.2, -0.15) is 0 Å². The van der Waals surface area contributed by atoms with Crippen LogP contribution in [0.4, 0.5) is 0 Å². The molecule has 2 saturated heterocycles. The van der Waals surface area contributed by atoms with Crippen LogP contribution in [0.15, 0.2) is 12.7 Å². The Labute approximate surface area is 138 Å². The molecule has 0 amide bonds. The molecule has 0 radical (unpaired) electrons. The summed E-state index contributed by atoms with van der Waals surface area (Å²) in [6.45, 7) is 12.9. The molecule has 0 unspecified atom stereocenters. The van der Waals surface area contributed by atoms with Crippen molar-refractivity contribution in [3.8, 4) is 0 Å². The van der Waals surface area contributed by atoms with E-state index in [-0.39, 0.29) is 12.1 Å². The molecule has 3 rings (SSSR count). The fraction of sp³-hybridized carbons (Fsp3) is 0.812. The summed E-state index contributed by atoms with van der Waals surface area (Å²) < 4.78 is 7.69. The minimum Gasteiger partial charge on any atom is -0.376 e. The molecule has 0 bridgehead atoms. The third-order valence-corrected chi connectivity index (χ3v) is 4.88. The molecule has 7 heteroatoms. The zero-order chi connectivity index (χ0) is 16.1. The Morgan fingerprint density at radius 1 is 1.35 bits per heavy atom. The maximum absolute atomic E-state index is 5.74. The lowest BCUT2D eigenvalue weighted by Crippen LogP contribution is -2.48. The summed E-state index contributed by atoms with van der Waals surface area (Å²) in [5.74, 6) is 0.986. The molecular formula is C16H28N6O. The highest BCUT2D eigenvalue weighted by molar-refractivity contribution is 4.95. The number of aromatic nitrogens is 4. The van der Waals surface area contributed by atoms with Crippen LogP contribution in [-0.2, 0) is 11.3 Å². The first-order valence-corrected chi connectivity index (χ1v) is 8.76. The van der Waals surface area contributed by atoms with Crippen LogP contribution < -0.4 is 0 Å². The number of hydrogen-bond acceptors (Lipinski definition) is 6. The second-order valence-electron chi connectivity index (χ2n) is 6.40. The largest absolute Gasteiger partial charge is 0.376 e. The first-order chi connectivity index (χ1) is 11.3. The molecule has 2 atom stereocenters. The minimum absolute atomic E-state index is 0.263. The molecule has 2 aliphatic rings. The standard InChI is InChI=1S/C16H28N6O/c1-3-7-20-8-10-21(11-9-20)15(4-2)16-17-18-19-22(16)13-14-6-5-12-23-14/h3,14-15H,1,4-13H2,2H3/t14-,15+/m1/s1. The van der Waals surface area contributed by atoms with E-state index in [0.29, 0.717) is 0 Å². The van der Waals surface area contributed by atoms with E-state index in [1.807, 2.05) is 10.8 Å². The smallest absolute Gasteiger partial charge is 0.168 e. The molecule has 2 aliphatic heterocycles. The van der Waals surface area contributed by atoms with Crippen LogP contribution in [0.1, 0.15) is 38.1 Å². The second-order valence-corrected chi connectivity index (χ2v) is 6.40. The van der Waals surface area contributed by atoms with Crippen molar-refractivity contribution in [1.29, 1.82) is 0 Å². The molecule has 1 aromatic rings. The molecule has 3 heterocycles. The highest BCUT2D eigenvalue weighted by atomic mass is 16.5. The molecule has 0 saturated carbocycles. The van der Waals surface area contributed by atoms with Crippen molar-refractivity contribution in [2.24, 2.45) is 0 Å². The fourth-order valence-corrected chi connectivity index (χ4v) is 3.61. The Balaban J connectivity index is 1.64. The van der Waals surface area contributed by atoms with E-state index in [9.17, 15) is 0 Å². The van der Waals surface area contributed by atoms with Gasteiger partial charge in [0.2, 0.25) is 0 Å². The third kappa shape index (κ3) is 3.97. The van der Waals surface area contributed by atoms with Crippen molar-refractivity contribution in [2.75, 3.05) is 39.3 Å². The highest BCUT2D eigenvalue weighted by Gasteiger charge is 2.28. The number of hydrogen-bond donors (Lipinski definition) is 0. The molecule has 128 valence electrons. The van der Waals surface area contributed by atoms with Gasteiger partial charge in [-0.05, 0) is 29.7 Å². The van der Waals surface area contributed by atoms with Gasteiger partial charge in [-0.15, -0.1) is 11.7 Å². The third-order valence-electron chi connectivity index (χ3n) is 4.88. The number of nitrogens with zero attached hydrogens (tertiary/aromatic N) is 6. The predicted molar refractivity (Wildman–Crippen MR) is 88.0 cm³/mol. The van der Waals surface area contributed by atoms with Gasteiger partial charge in [-0.3, -0.25) is 9.80 Å². The summed E-state index contributed by atoms with van der Waals surface area (Å²) in [4.78, 5) is 4.95. The normalized spacial score (nSPS) is 24.8. The van der Waals surface area contributed by atoms with E-state index in [1.54, 1.807) is 0 Å². The average molecular weight is 320 g/mol. The summed E-state index contributed by atoms with van der Waals surface area (Å²) in [5, 5.41) is 12.5. The first kappa shape index (κ1) is 16.5. The van der Waals surface area contributed by atoms with E-state index in [4.69, 9.17) is 4.74 Å². The van der Waals surface area contributed by atoms with Crippen LogP contribution in [0.25, 0.3) is 0 Å². The van der Waals surface area contributed by atoms with E-state index in [0.717, 1.165) is 71.0 Å². The first-order valence-electron chi connectivity index (χ1n) is 8.76. The van der Waals surface area contributed by atoms with Crippen molar-refractivity contribution in [2.45, 2.75) is 44.9 Å². The molecule has 7 nitrogen and oxygen atoms in total. The van der Waals surface area contributed by atoms with Gasteiger partial charge >= 0.3 is 0 Å². The Kier molecular flexibility index (Phi) is 5.75. The average Bonchev–Trinajstić information content (AvgIpc) is 3.23. The van der Waals surface area contributed by atoms with Gasteiger partial charge in [-0.1, -0.05) is 13.0 Å². The summed E-state index contributed by atoms with van der Waals surface area (Å²) >= 11 is 0. The lowest BCUT2D eigenvalue weighted by atomic mass is 10.1. The Morgan fingerprint density at radius 3 is 2.83 bits per heavy atom. The van der Waals surface area contributed by atoms with Gasteiger partial charge in [0, 0.05) is 39.3 Å². The van der Waals surface area contributed by atoms with Crippen molar-refractivity contribution < 1.29 is 4.74 Å². The van der Waals surface area contributed by atoms with E-state index in [1.165, 1.54) is 0 Å². The van der Waals surface area contributed by atoms with Crippen molar-refractivity contribution in [3.05, 3.63) is 18.5 Å². The molecule has 1 aromatic heterocycles. The van der Waals surface area contributed by atoms with Crippen LogP contribution >= 0.6 is 0 Å². The van der Waals surface area contributed by atoms with Crippen LogP contribution in [0, 0.1) is 0 Å². The molecule has 23 heavy (non-hydrogen) atoms.